The van der Waals surface area contributed by atoms with E-state index < -0.39 is 0 Å². The third kappa shape index (κ3) is 4.99. The number of pyridine rings is 1. The number of benzene rings is 7. The molecule has 12 aromatic rings. The van der Waals surface area contributed by atoms with Crippen LogP contribution in [-0.2, 0) is 0 Å². The van der Waals surface area contributed by atoms with Crippen LogP contribution in [0.3, 0.4) is 0 Å². The molecule has 0 N–H and O–H groups in total. The molecule has 5 aromatic heterocycles. The normalized spacial score (nSPS) is 11.9. The van der Waals surface area contributed by atoms with Crippen molar-refractivity contribution in [3.63, 3.8) is 0 Å². The minimum Gasteiger partial charge on any atom is -0.456 e. The highest BCUT2D eigenvalue weighted by Crippen LogP contribution is 2.38. The summed E-state index contributed by atoms with van der Waals surface area (Å²) in [6, 6.07) is 56.4. The van der Waals surface area contributed by atoms with Gasteiger partial charge in [0.15, 0.2) is 23.1 Å². The van der Waals surface area contributed by atoms with Crippen molar-refractivity contribution in [1.82, 2.24) is 24.5 Å². The SMILES string of the molecule is c1cc(-c2nc(-c3ccc(-c4cccc5c4oc4cnccc45)cc3)nc(-c3ccc4c(c3)oc3ccccc34)n2)cc(-n2c3ccccc3c3ccccc32)c1. The van der Waals surface area contributed by atoms with Crippen molar-refractivity contribution < 1.29 is 8.83 Å². The molecule has 12 rings (SSSR count). The smallest absolute Gasteiger partial charge is 0.164 e. The van der Waals surface area contributed by atoms with Crippen LogP contribution in [0, 0.1) is 0 Å². The maximum absolute atomic E-state index is 6.31. The summed E-state index contributed by atoms with van der Waals surface area (Å²) in [5, 5.41) is 6.65. The van der Waals surface area contributed by atoms with Crippen LogP contribution in [0.2, 0.25) is 0 Å². The summed E-state index contributed by atoms with van der Waals surface area (Å²) < 4.78 is 14.9. The van der Waals surface area contributed by atoms with Gasteiger partial charge in [0.25, 0.3) is 0 Å². The maximum Gasteiger partial charge on any atom is 0.164 e. The zero-order chi connectivity index (χ0) is 37.5. The third-order valence-electron chi connectivity index (χ3n) is 11.0. The lowest BCUT2D eigenvalue weighted by molar-refractivity contribution is 0.668. The number of nitrogens with zero attached hydrogens (tertiary/aromatic N) is 5. The van der Waals surface area contributed by atoms with Gasteiger partial charge in [-0.05, 0) is 54.1 Å². The molecule has 0 aliphatic carbocycles. The Balaban J connectivity index is 1.01. The molecule has 0 bridgehead atoms. The van der Waals surface area contributed by atoms with Gasteiger partial charge in [0, 0.05) is 66.5 Å². The van der Waals surface area contributed by atoms with Crippen molar-refractivity contribution in [2.24, 2.45) is 0 Å². The molecule has 7 heteroatoms. The van der Waals surface area contributed by atoms with E-state index in [0.29, 0.717) is 17.5 Å². The van der Waals surface area contributed by atoms with Crippen LogP contribution in [0.5, 0.6) is 0 Å². The number of aromatic nitrogens is 5. The number of fused-ring (bicyclic) bond motifs is 9. The molecule has 0 aliphatic rings. The van der Waals surface area contributed by atoms with Crippen LogP contribution in [-0.4, -0.2) is 24.5 Å². The topological polar surface area (TPSA) is 82.8 Å². The molecule has 266 valence electrons. The average molecular weight is 732 g/mol. The fourth-order valence-electron chi connectivity index (χ4n) is 8.29. The Kier molecular flexibility index (Phi) is 6.79. The average Bonchev–Trinajstić information content (AvgIpc) is 3.96. The largest absolute Gasteiger partial charge is 0.456 e. The standard InChI is InChI=1S/C50H29N5O2/c1-4-16-42-36(11-1)37-12-2-5-17-43(37)55(42)34-10-7-9-32(27-34)49-52-48(53-50(54-49)33-23-24-39-38-13-3-6-18-44(38)56-45(39)28-33)31-21-19-30(20-22-31)35-14-8-15-41-40-25-26-51-29-46(40)57-47(35)41/h1-29H. The van der Waals surface area contributed by atoms with E-state index in [1.165, 1.54) is 10.8 Å². The second-order valence-electron chi connectivity index (χ2n) is 14.3. The van der Waals surface area contributed by atoms with E-state index in [2.05, 4.69) is 143 Å². The van der Waals surface area contributed by atoms with Crippen molar-refractivity contribution in [2.75, 3.05) is 0 Å². The van der Waals surface area contributed by atoms with Crippen molar-refractivity contribution in [1.29, 1.82) is 0 Å². The molecule has 7 nitrogen and oxygen atoms in total. The zero-order valence-electron chi connectivity index (χ0n) is 30.3. The van der Waals surface area contributed by atoms with Crippen LogP contribution < -0.4 is 0 Å². The molecular formula is C50H29N5O2. The lowest BCUT2D eigenvalue weighted by atomic mass is 10.0. The second kappa shape index (κ2) is 12.3. The van der Waals surface area contributed by atoms with Gasteiger partial charge in [-0.2, -0.15) is 0 Å². The molecule has 0 aliphatic heterocycles. The molecule has 0 fully saturated rings. The lowest BCUT2D eigenvalue weighted by Gasteiger charge is -2.12. The highest BCUT2D eigenvalue weighted by atomic mass is 16.3. The summed E-state index contributed by atoms with van der Waals surface area (Å²) in [6.45, 7) is 0. The van der Waals surface area contributed by atoms with Crippen molar-refractivity contribution in [3.8, 4) is 51.0 Å². The number of furan rings is 2. The van der Waals surface area contributed by atoms with E-state index in [-0.39, 0.29) is 0 Å². The first-order chi connectivity index (χ1) is 28.2. The Hall–Kier alpha value is -7.90. The molecular weight excluding hydrogens is 703 g/mol. The van der Waals surface area contributed by atoms with Gasteiger partial charge >= 0.3 is 0 Å². The van der Waals surface area contributed by atoms with Crippen molar-refractivity contribution in [3.05, 3.63) is 176 Å². The first kappa shape index (κ1) is 31.5. The Morgan fingerprint density at radius 3 is 1.77 bits per heavy atom. The van der Waals surface area contributed by atoms with Crippen LogP contribution in [0.4, 0.5) is 0 Å². The fraction of sp³-hybridized carbons (Fsp3) is 0. The molecule has 0 amide bonds. The maximum atomic E-state index is 6.31. The number of rotatable bonds is 5. The summed E-state index contributed by atoms with van der Waals surface area (Å²) in [4.78, 5) is 19.6. The Labute approximate surface area is 325 Å². The van der Waals surface area contributed by atoms with E-state index in [1.807, 2.05) is 30.3 Å². The number of hydrogen-bond acceptors (Lipinski definition) is 6. The summed E-state index contributed by atoms with van der Waals surface area (Å²) in [6.07, 6.45) is 3.56. The molecule has 0 saturated carbocycles. The van der Waals surface area contributed by atoms with Gasteiger partial charge in [0.1, 0.15) is 16.7 Å². The summed E-state index contributed by atoms with van der Waals surface area (Å²) >= 11 is 0. The summed E-state index contributed by atoms with van der Waals surface area (Å²) in [7, 11) is 0. The molecule has 0 unspecified atom stereocenters. The molecule has 0 atom stereocenters. The van der Waals surface area contributed by atoms with Gasteiger partial charge in [-0.3, -0.25) is 4.98 Å². The Morgan fingerprint density at radius 2 is 0.982 bits per heavy atom. The predicted octanol–water partition coefficient (Wildman–Crippen LogP) is 12.8. The van der Waals surface area contributed by atoms with Crippen molar-refractivity contribution >= 4 is 65.7 Å². The van der Waals surface area contributed by atoms with Gasteiger partial charge < -0.3 is 13.4 Å². The molecule has 0 saturated heterocycles. The van der Waals surface area contributed by atoms with E-state index in [9.17, 15) is 0 Å². The van der Waals surface area contributed by atoms with Gasteiger partial charge in [-0.1, -0.05) is 115 Å². The van der Waals surface area contributed by atoms with Crippen LogP contribution >= 0.6 is 0 Å². The van der Waals surface area contributed by atoms with Gasteiger partial charge in [0.05, 0.1) is 17.2 Å². The number of para-hydroxylation sites is 4. The highest BCUT2D eigenvalue weighted by Gasteiger charge is 2.18. The Bertz CT molecular complexity index is 3490. The first-order valence-electron chi connectivity index (χ1n) is 18.9. The second-order valence-corrected chi connectivity index (χ2v) is 14.3. The Morgan fingerprint density at radius 1 is 0.386 bits per heavy atom. The first-order valence-corrected chi connectivity index (χ1v) is 18.9. The quantitative estimate of drug-likeness (QED) is 0.175. The minimum atomic E-state index is 0.560. The molecule has 0 spiro atoms. The fourth-order valence-corrected chi connectivity index (χ4v) is 8.29. The zero-order valence-corrected chi connectivity index (χ0v) is 30.3. The van der Waals surface area contributed by atoms with Gasteiger partial charge in [-0.25, -0.2) is 15.0 Å². The third-order valence-corrected chi connectivity index (χ3v) is 11.0. The molecule has 0 radical (unpaired) electrons. The van der Waals surface area contributed by atoms with Gasteiger partial charge in [-0.15, -0.1) is 0 Å². The molecule has 57 heavy (non-hydrogen) atoms. The van der Waals surface area contributed by atoms with Gasteiger partial charge in [0.2, 0.25) is 0 Å². The number of hydrogen-bond donors (Lipinski definition) is 0. The van der Waals surface area contributed by atoms with Crippen LogP contribution in [0.25, 0.3) is 117 Å². The summed E-state index contributed by atoms with van der Waals surface area (Å²) in [5.41, 5.74) is 11.2. The molecule has 7 aromatic carbocycles. The predicted molar refractivity (Wildman–Crippen MR) is 228 cm³/mol. The monoisotopic (exact) mass is 731 g/mol. The highest BCUT2D eigenvalue weighted by molar-refractivity contribution is 6.10. The van der Waals surface area contributed by atoms with E-state index in [4.69, 9.17) is 23.8 Å². The molecule has 5 heterocycles. The summed E-state index contributed by atoms with van der Waals surface area (Å²) in [5.74, 6) is 1.71. The van der Waals surface area contributed by atoms with E-state index in [0.717, 1.165) is 88.4 Å². The minimum absolute atomic E-state index is 0.560. The lowest BCUT2D eigenvalue weighted by Crippen LogP contribution is -2.01. The van der Waals surface area contributed by atoms with Crippen LogP contribution in [0.1, 0.15) is 0 Å². The van der Waals surface area contributed by atoms with Crippen molar-refractivity contribution in [2.45, 2.75) is 0 Å². The van der Waals surface area contributed by atoms with Crippen LogP contribution in [0.15, 0.2) is 185 Å². The van der Waals surface area contributed by atoms with E-state index >= 15 is 0 Å². The van der Waals surface area contributed by atoms with E-state index in [1.54, 1.807) is 12.4 Å².